The lowest BCUT2D eigenvalue weighted by atomic mass is 9.83. The molecule has 1 aliphatic carbocycles. The summed E-state index contributed by atoms with van der Waals surface area (Å²) in [4.78, 5) is 38.1. The van der Waals surface area contributed by atoms with Crippen LogP contribution in [-0.4, -0.2) is 79.1 Å². The Morgan fingerprint density at radius 1 is 1.16 bits per heavy atom. The second kappa shape index (κ2) is 8.75. The van der Waals surface area contributed by atoms with Gasteiger partial charge >= 0.3 is 5.97 Å². The van der Waals surface area contributed by atoms with Gasteiger partial charge in [-0.05, 0) is 18.3 Å². The first-order valence-electron chi connectivity index (χ1n) is 10.2. The van der Waals surface area contributed by atoms with Crippen LogP contribution in [-0.2, 0) is 9.59 Å². The van der Waals surface area contributed by atoms with Crippen LogP contribution in [0.3, 0.4) is 0 Å². The van der Waals surface area contributed by atoms with E-state index in [1.54, 1.807) is 24.7 Å². The van der Waals surface area contributed by atoms with Crippen LogP contribution in [0.15, 0.2) is 12.7 Å². The molecule has 0 aliphatic heterocycles. The van der Waals surface area contributed by atoms with E-state index in [4.69, 9.17) is 5.11 Å². The number of hydrogen-bond acceptors (Lipinski definition) is 8. The van der Waals surface area contributed by atoms with Crippen molar-refractivity contribution in [2.45, 2.75) is 63.8 Å². The summed E-state index contributed by atoms with van der Waals surface area (Å²) < 4.78 is 1.74. The van der Waals surface area contributed by atoms with Gasteiger partial charge in [0.2, 0.25) is 5.91 Å². The Morgan fingerprint density at radius 2 is 1.87 bits per heavy atom. The number of carbonyl (C=O) groups is 2. The number of aliphatic hydroxyl groups is 2. The van der Waals surface area contributed by atoms with E-state index in [9.17, 15) is 19.8 Å². The molecule has 31 heavy (non-hydrogen) atoms. The smallest absolute Gasteiger partial charge is 0.303 e. The molecule has 3 rings (SSSR count). The van der Waals surface area contributed by atoms with Crippen LogP contribution in [0.4, 0.5) is 5.82 Å². The molecule has 2 aromatic heterocycles. The van der Waals surface area contributed by atoms with Gasteiger partial charge < -0.3 is 30.1 Å². The fourth-order valence-corrected chi connectivity index (χ4v) is 4.19. The normalized spacial score (nSPS) is 24.2. The van der Waals surface area contributed by atoms with Gasteiger partial charge in [0, 0.05) is 20.5 Å². The second-order valence-electron chi connectivity index (χ2n) is 9.13. The van der Waals surface area contributed by atoms with Gasteiger partial charge in [-0.2, -0.15) is 0 Å². The van der Waals surface area contributed by atoms with Crippen molar-refractivity contribution < 1.29 is 24.9 Å². The molecule has 1 fully saturated rings. The van der Waals surface area contributed by atoms with Crippen LogP contribution < -0.4 is 10.2 Å². The minimum atomic E-state index is -1.18. The van der Waals surface area contributed by atoms with E-state index in [2.05, 4.69) is 20.3 Å². The summed E-state index contributed by atoms with van der Waals surface area (Å²) in [6.45, 7) is 3.41. The number of imidazole rings is 1. The Morgan fingerprint density at radius 3 is 2.52 bits per heavy atom. The van der Waals surface area contributed by atoms with Crippen LogP contribution in [0.1, 0.15) is 45.6 Å². The summed E-state index contributed by atoms with van der Waals surface area (Å²) >= 11 is 0. The highest BCUT2D eigenvalue weighted by Gasteiger charge is 2.40. The van der Waals surface area contributed by atoms with E-state index < -0.39 is 35.7 Å². The Balaban J connectivity index is 1.71. The molecule has 0 spiro atoms. The molecule has 4 atom stereocenters. The van der Waals surface area contributed by atoms with Gasteiger partial charge in [0.25, 0.3) is 0 Å². The van der Waals surface area contributed by atoms with Crippen LogP contribution in [0.5, 0.6) is 0 Å². The average Bonchev–Trinajstić information content (AvgIpc) is 3.07. The maximum Gasteiger partial charge on any atom is 0.303 e. The molecule has 0 bridgehead atoms. The lowest BCUT2D eigenvalue weighted by Crippen LogP contribution is -2.54. The second-order valence-corrected chi connectivity index (χ2v) is 9.13. The van der Waals surface area contributed by atoms with Crippen LogP contribution in [0.2, 0.25) is 0 Å². The molecule has 0 saturated heterocycles. The first kappa shape index (κ1) is 22.9. The first-order valence-corrected chi connectivity index (χ1v) is 10.2. The number of aliphatic hydroxyl groups excluding tert-OH is 2. The molecule has 170 valence electrons. The quantitative estimate of drug-likeness (QED) is 0.482. The highest BCUT2D eigenvalue weighted by Crippen LogP contribution is 2.33. The molecule has 0 unspecified atom stereocenters. The SMILES string of the molecule is CN(C)c1ncnc2c1ncn2[C@@H]1CC[C@@H](NC(=O)CC(C)(C)CC(=O)O)[C@@H](O)[C@@H]1O. The third-order valence-corrected chi connectivity index (χ3v) is 5.67. The van der Waals surface area contributed by atoms with Gasteiger partial charge in [-0.25, -0.2) is 15.0 Å². The molecule has 1 saturated carbocycles. The van der Waals surface area contributed by atoms with E-state index in [1.165, 1.54) is 6.33 Å². The number of anilines is 1. The van der Waals surface area contributed by atoms with E-state index in [0.717, 1.165) is 0 Å². The van der Waals surface area contributed by atoms with E-state index in [-0.39, 0.29) is 18.7 Å². The van der Waals surface area contributed by atoms with E-state index >= 15 is 0 Å². The van der Waals surface area contributed by atoms with Crippen molar-refractivity contribution in [2.24, 2.45) is 5.41 Å². The molecular weight excluding hydrogens is 404 g/mol. The summed E-state index contributed by atoms with van der Waals surface area (Å²) in [5, 5.41) is 33.2. The fourth-order valence-electron chi connectivity index (χ4n) is 4.19. The largest absolute Gasteiger partial charge is 0.481 e. The first-order chi connectivity index (χ1) is 14.5. The van der Waals surface area contributed by atoms with Crippen LogP contribution in [0, 0.1) is 5.41 Å². The molecular formula is C20H30N6O5. The predicted octanol–water partition coefficient (Wildman–Crippen LogP) is 0.325. The average molecular weight is 434 g/mol. The summed E-state index contributed by atoms with van der Waals surface area (Å²) in [7, 11) is 3.70. The number of carboxylic acids is 1. The third-order valence-electron chi connectivity index (χ3n) is 5.67. The van der Waals surface area contributed by atoms with Gasteiger partial charge in [-0.1, -0.05) is 13.8 Å². The number of carboxylic acid groups (broad SMARTS) is 1. The third kappa shape index (κ3) is 4.93. The highest BCUT2D eigenvalue weighted by atomic mass is 16.4. The minimum Gasteiger partial charge on any atom is -0.481 e. The van der Waals surface area contributed by atoms with Crippen molar-refractivity contribution in [1.82, 2.24) is 24.8 Å². The summed E-state index contributed by atoms with van der Waals surface area (Å²) in [5.41, 5.74) is 0.453. The maximum absolute atomic E-state index is 12.4. The van der Waals surface area contributed by atoms with Gasteiger partial charge in [0.15, 0.2) is 17.0 Å². The molecule has 11 nitrogen and oxygen atoms in total. The summed E-state index contributed by atoms with van der Waals surface area (Å²) in [6, 6.07) is -1.08. The summed E-state index contributed by atoms with van der Waals surface area (Å²) in [5.74, 6) is -0.663. The number of rotatable bonds is 7. The van der Waals surface area contributed by atoms with Crippen LogP contribution in [0.25, 0.3) is 11.2 Å². The number of aromatic nitrogens is 4. The standard InChI is InChI=1S/C20H30N6O5/c1-20(2,8-14(28)29)7-13(27)24-11-5-6-12(17(31)16(11)30)26-10-23-15-18(25(3)4)21-9-22-19(15)26/h9-12,16-17,30-31H,5-8H2,1-4H3,(H,24,27)(H,28,29)/t11-,12-,16-,17-/m1/s1. The predicted molar refractivity (Wildman–Crippen MR) is 113 cm³/mol. The lowest BCUT2D eigenvalue weighted by Gasteiger charge is -2.38. The Kier molecular flexibility index (Phi) is 6.46. The molecule has 2 aromatic rings. The monoisotopic (exact) mass is 434 g/mol. The Labute approximate surface area is 180 Å². The molecule has 1 amide bonds. The zero-order valence-corrected chi connectivity index (χ0v) is 18.2. The van der Waals surface area contributed by atoms with Gasteiger partial charge in [-0.3, -0.25) is 9.59 Å². The number of fused-ring (bicyclic) bond motifs is 1. The van der Waals surface area contributed by atoms with Gasteiger partial charge in [-0.15, -0.1) is 0 Å². The summed E-state index contributed by atoms with van der Waals surface area (Å²) in [6.07, 6.45) is 1.51. The zero-order valence-electron chi connectivity index (χ0n) is 18.2. The molecule has 0 aromatic carbocycles. The molecule has 1 aliphatic rings. The van der Waals surface area contributed by atoms with Gasteiger partial charge in [0.05, 0.1) is 24.8 Å². The Bertz CT molecular complexity index is 959. The molecule has 11 heteroatoms. The van der Waals surface area contributed by atoms with Crippen LogP contribution >= 0.6 is 0 Å². The van der Waals surface area contributed by atoms with Crippen molar-refractivity contribution in [3.8, 4) is 0 Å². The number of hydrogen-bond donors (Lipinski definition) is 4. The highest BCUT2D eigenvalue weighted by molar-refractivity contribution is 5.83. The van der Waals surface area contributed by atoms with Crippen molar-refractivity contribution in [3.63, 3.8) is 0 Å². The lowest BCUT2D eigenvalue weighted by molar-refractivity contribution is -0.139. The Hall–Kier alpha value is -2.79. The van der Waals surface area contributed by atoms with E-state index in [1.807, 2.05) is 19.0 Å². The zero-order chi connectivity index (χ0) is 22.9. The number of carbonyl (C=O) groups excluding carboxylic acids is 1. The molecule has 2 heterocycles. The van der Waals surface area contributed by atoms with Gasteiger partial charge in [0.1, 0.15) is 18.5 Å². The number of nitrogens with one attached hydrogen (secondary N) is 1. The number of aliphatic carboxylic acids is 1. The fraction of sp³-hybridized carbons (Fsp3) is 0.650. The maximum atomic E-state index is 12.4. The van der Waals surface area contributed by atoms with Crippen molar-refractivity contribution in [3.05, 3.63) is 12.7 Å². The van der Waals surface area contributed by atoms with Crippen molar-refractivity contribution in [2.75, 3.05) is 19.0 Å². The topological polar surface area (TPSA) is 154 Å². The molecule has 0 radical (unpaired) electrons. The van der Waals surface area contributed by atoms with Crippen molar-refractivity contribution in [1.29, 1.82) is 0 Å². The molecule has 4 N–H and O–H groups in total. The number of amides is 1. The number of nitrogens with zero attached hydrogens (tertiary/aromatic N) is 5. The minimum absolute atomic E-state index is 0.0123. The van der Waals surface area contributed by atoms with E-state index in [0.29, 0.717) is 29.8 Å². The van der Waals surface area contributed by atoms with Crippen molar-refractivity contribution >= 4 is 28.9 Å².